The number of nitrogens with zero attached hydrogens (tertiary/aromatic N) is 3. The summed E-state index contributed by atoms with van der Waals surface area (Å²) in [4.78, 5) is 4.40. The van der Waals surface area contributed by atoms with Crippen molar-refractivity contribution in [1.82, 2.24) is 19.5 Å². The van der Waals surface area contributed by atoms with E-state index in [9.17, 15) is 8.42 Å². The van der Waals surface area contributed by atoms with Crippen LogP contribution in [-0.4, -0.2) is 30.3 Å². The van der Waals surface area contributed by atoms with Gasteiger partial charge in [0.05, 0.1) is 6.04 Å². The molecule has 0 radical (unpaired) electrons. The SMILES string of the molecule is COCc1nc2n(n1)CCCC2NS(=O)(=O)/C=C/c1ccccc1. The van der Waals surface area contributed by atoms with Crippen molar-refractivity contribution in [2.45, 2.75) is 32.0 Å². The Bertz CT molecular complexity index is 815. The Morgan fingerprint density at radius 1 is 1.38 bits per heavy atom. The molecule has 2 heterocycles. The molecule has 1 aromatic carbocycles. The van der Waals surface area contributed by atoms with Crippen LogP contribution in [0.5, 0.6) is 0 Å². The third-order valence-electron chi connectivity index (χ3n) is 3.74. The summed E-state index contributed by atoms with van der Waals surface area (Å²) in [5, 5.41) is 5.53. The fourth-order valence-electron chi connectivity index (χ4n) is 2.67. The highest BCUT2D eigenvalue weighted by Crippen LogP contribution is 2.24. The Balaban J connectivity index is 1.75. The molecule has 8 heteroatoms. The summed E-state index contributed by atoms with van der Waals surface area (Å²) in [6, 6.07) is 8.93. The van der Waals surface area contributed by atoms with Crippen LogP contribution in [-0.2, 0) is 27.9 Å². The van der Waals surface area contributed by atoms with Crippen LogP contribution in [0.1, 0.15) is 36.1 Å². The normalized spacial score (nSPS) is 18.0. The van der Waals surface area contributed by atoms with Crippen molar-refractivity contribution in [3.63, 3.8) is 0 Å². The van der Waals surface area contributed by atoms with Gasteiger partial charge in [-0.25, -0.2) is 22.8 Å². The van der Waals surface area contributed by atoms with E-state index in [1.807, 2.05) is 30.3 Å². The number of hydrogen-bond acceptors (Lipinski definition) is 5. The van der Waals surface area contributed by atoms with Crippen molar-refractivity contribution in [3.8, 4) is 0 Å². The monoisotopic (exact) mass is 348 g/mol. The number of aromatic nitrogens is 3. The van der Waals surface area contributed by atoms with Crippen molar-refractivity contribution >= 4 is 16.1 Å². The molecule has 1 aliphatic heterocycles. The molecule has 3 rings (SSSR count). The Morgan fingerprint density at radius 2 is 2.17 bits per heavy atom. The van der Waals surface area contributed by atoms with Crippen LogP contribution in [0.4, 0.5) is 0 Å². The second kappa shape index (κ2) is 7.25. The molecule has 1 atom stereocenters. The van der Waals surface area contributed by atoms with Gasteiger partial charge in [0.2, 0.25) is 10.0 Å². The molecule has 0 saturated carbocycles. The van der Waals surface area contributed by atoms with Gasteiger partial charge in [-0.3, -0.25) is 0 Å². The quantitative estimate of drug-likeness (QED) is 0.861. The molecule has 0 aliphatic carbocycles. The van der Waals surface area contributed by atoms with Crippen LogP contribution >= 0.6 is 0 Å². The zero-order valence-corrected chi connectivity index (χ0v) is 14.2. The summed E-state index contributed by atoms with van der Waals surface area (Å²) in [5.41, 5.74) is 0.831. The Kier molecular flexibility index (Phi) is 5.08. The predicted molar refractivity (Wildman–Crippen MR) is 90.2 cm³/mol. The van der Waals surface area contributed by atoms with Gasteiger partial charge in [-0.1, -0.05) is 30.3 Å². The number of methoxy groups -OCH3 is 1. The van der Waals surface area contributed by atoms with E-state index in [4.69, 9.17) is 4.74 Å². The molecule has 1 aromatic heterocycles. The number of sulfonamides is 1. The summed E-state index contributed by atoms with van der Waals surface area (Å²) < 4.78 is 34.2. The van der Waals surface area contributed by atoms with E-state index in [0.29, 0.717) is 24.7 Å². The molecule has 1 unspecified atom stereocenters. The lowest BCUT2D eigenvalue weighted by atomic mass is 10.1. The van der Waals surface area contributed by atoms with E-state index in [0.717, 1.165) is 18.5 Å². The Labute approximate surface area is 141 Å². The van der Waals surface area contributed by atoms with Gasteiger partial charge in [0.25, 0.3) is 0 Å². The first-order valence-electron chi connectivity index (χ1n) is 7.75. The van der Waals surface area contributed by atoms with Gasteiger partial charge in [0.1, 0.15) is 12.4 Å². The summed E-state index contributed by atoms with van der Waals surface area (Å²) in [5.74, 6) is 1.21. The number of nitrogens with one attached hydrogen (secondary N) is 1. The summed E-state index contributed by atoms with van der Waals surface area (Å²) >= 11 is 0. The maximum atomic E-state index is 12.3. The largest absolute Gasteiger partial charge is 0.377 e. The van der Waals surface area contributed by atoms with Crippen molar-refractivity contribution < 1.29 is 13.2 Å². The van der Waals surface area contributed by atoms with Gasteiger partial charge in [0, 0.05) is 19.1 Å². The van der Waals surface area contributed by atoms with Gasteiger partial charge < -0.3 is 4.74 Å². The maximum absolute atomic E-state index is 12.3. The highest BCUT2D eigenvalue weighted by molar-refractivity contribution is 7.92. The predicted octanol–water partition coefficient (Wildman–Crippen LogP) is 1.85. The third kappa shape index (κ3) is 4.08. The zero-order valence-electron chi connectivity index (χ0n) is 13.4. The van der Waals surface area contributed by atoms with Crippen LogP contribution in [0.2, 0.25) is 0 Å². The van der Waals surface area contributed by atoms with Crippen molar-refractivity contribution in [2.75, 3.05) is 7.11 Å². The standard InChI is InChI=1S/C16H20N4O3S/c1-23-12-15-17-16-14(8-5-10-20(16)18-15)19-24(21,22)11-9-13-6-3-2-4-7-13/h2-4,6-7,9,11,14,19H,5,8,10,12H2,1H3/b11-9+. The van der Waals surface area contributed by atoms with Crippen LogP contribution in [0.25, 0.3) is 6.08 Å². The summed E-state index contributed by atoms with van der Waals surface area (Å²) in [7, 11) is -1.99. The van der Waals surface area contributed by atoms with E-state index < -0.39 is 10.0 Å². The van der Waals surface area contributed by atoms with Gasteiger partial charge in [-0.05, 0) is 24.5 Å². The van der Waals surface area contributed by atoms with E-state index >= 15 is 0 Å². The molecule has 24 heavy (non-hydrogen) atoms. The van der Waals surface area contributed by atoms with Crippen LogP contribution < -0.4 is 4.72 Å². The van der Waals surface area contributed by atoms with Crippen molar-refractivity contribution in [3.05, 3.63) is 53.0 Å². The van der Waals surface area contributed by atoms with Gasteiger partial charge >= 0.3 is 0 Å². The highest BCUT2D eigenvalue weighted by atomic mass is 32.2. The zero-order chi connectivity index (χ0) is 17.0. The molecule has 7 nitrogen and oxygen atoms in total. The lowest BCUT2D eigenvalue weighted by Crippen LogP contribution is -2.32. The number of aryl methyl sites for hydroxylation is 1. The third-order valence-corrected chi connectivity index (χ3v) is 4.85. The van der Waals surface area contributed by atoms with E-state index in [-0.39, 0.29) is 6.04 Å². The average Bonchev–Trinajstić information content (AvgIpc) is 2.98. The number of hydrogen-bond donors (Lipinski definition) is 1. The second-order valence-corrected chi connectivity index (χ2v) is 7.21. The molecule has 0 bridgehead atoms. The molecular weight excluding hydrogens is 328 g/mol. The maximum Gasteiger partial charge on any atom is 0.234 e. The lowest BCUT2D eigenvalue weighted by molar-refractivity contribution is 0.177. The molecule has 2 aromatic rings. The Hall–Kier alpha value is -2.03. The fourth-order valence-corrected chi connectivity index (χ4v) is 3.71. The number of rotatable bonds is 6. The molecule has 128 valence electrons. The minimum atomic E-state index is -3.57. The van der Waals surface area contributed by atoms with E-state index in [1.54, 1.807) is 17.9 Å². The smallest absolute Gasteiger partial charge is 0.234 e. The average molecular weight is 348 g/mol. The minimum absolute atomic E-state index is 0.313. The minimum Gasteiger partial charge on any atom is -0.377 e. The summed E-state index contributed by atoms with van der Waals surface area (Å²) in [6.45, 7) is 1.05. The molecule has 0 amide bonds. The second-order valence-electron chi connectivity index (χ2n) is 5.61. The lowest BCUT2D eigenvalue weighted by Gasteiger charge is -2.22. The first-order valence-corrected chi connectivity index (χ1v) is 9.30. The topological polar surface area (TPSA) is 86.1 Å². The highest BCUT2D eigenvalue weighted by Gasteiger charge is 2.27. The molecule has 1 aliphatic rings. The van der Waals surface area contributed by atoms with Crippen LogP contribution in [0.3, 0.4) is 0 Å². The molecule has 0 fully saturated rings. The van der Waals surface area contributed by atoms with E-state index in [2.05, 4.69) is 14.8 Å². The van der Waals surface area contributed by atoms with Crippen molar-refractivity contribution in [1.29, 1.82) is 0 Å². The fraction of sp³-hybridized carbons (Fsp3) is 0.375. The van der Waals surface area contributed by atoms with Crippen LogP contribution in [0.15, 0.2) is 35.7 Å². The number of fused-ring (bicyclic) bond motifs is 1. The first-order chi connectivity index (χ1) is 11.6. The van der Waals surface area contributed by atoms with E-state index in [1.165, 1.54) is 5.41 Å². The first kappa shape index (κ1) is 16.8. The summed E-state index contributed by atoms with van der Waals surface area (Å²) in [6.07, 6.45) is 3.12. The van der Waals surface area contributed by atoms with Gasteiger partial charge in [-0.2, -0.15) is 5.10 Å². The molecule has 0 saturated heterocycles. The van der Waals surface area contributed by atoms with Gasteiger partial charge in [0.15, 0.2) is 5.82 Å². The Morgan fingerprint density at radius 3 is 2.92 bits per heavy atom. The number of benzene rings is 1. The molecular formula is C16H20N4O3S. The molecule has 1 N–H and O–H groups in total. The number of ether oxygens (including phenoxy) is 1. The van der Waals surface area contributed by atoms with Gasteiger partial charge in [-0.15, -0.1) is 0 Å². The van der Waals surface area contributed by atoms with Crippen LogP contribution in [0, 0.1) is 0 Å². The van der Waals surface area contributed by atoms with Crippen molar-refractivity contribution in [2.24, 2.45) is 0 Å². The molecule has 0 spiro atoms.